The first-order valence-corrected chi connectivity index (χ1v) is 13.3. The third-order valence-electron chi connectivity index (χ3n) is 7.37. The van der Waals surface area contributed by atoms with Gasteiger partial charge >= 0.3 is 0 Å². The highest BCUT2D eigenvalue weighted by molar-refractivity contribution is 6.08. The van der Waals surface area contributed by atoms with Gasteiger partial charge in [0.2, 0.25) is 5.91 Å². The molecule has 7 nitrogen and oxygen atoms in total. The molecule has 1 aliphatic heterocycles. The van der Waals surface area contributed by atoms with Gasteiger partial charge in [-0.15, -0.1) is 0 Å². The van der Waals surface area contributed by atoms with Crippen LogP contribution in [0.25, 0.3) is 0 Å². The number of aryl methyl sites for hydroxylation is 1. The van der Waals surface area contributed by atoms with Crippen molar-refractivity contribution in [2.24, 2.45) is 0 Å². The number of ether oxygens (including phenoxy) is 1. The highest BCUT2D eigenvalue weighted by atomic mass is 16.5. The molecule has 0 bridgehead atoms. The van der Waals surface area contributed by atoms with Crippen LogP contribution in [-0.4, -0.2) is 44.2 Å². The van der Waals surface area contributed by atoms with Gasteiger partial charge in [-0.2, -0.15) is 0 Å². The molecule has 1 saturated heterocycles. The maximum Gasteiger partial charge on any atom is 0.294 e. The number of hydrogen-bond acceptors (Lipinski definition) is 5. The largest absolute Gasteiger partial charge is 0.459 e. The van der Waals surface area contributed by atoms with Crippen molar-refractivity contribution in [1.29, 1.82) is 0 Å². The standard InChI is InChI=1S/C30H35N3O4/c1-2-22-9-13-26(14-10-22)33(30(35)27-8-5-19-37-27)28(29(34)31-24-6-3-4-7-24)23-11-15-25(16-12-23)32-17-20-36-21-18-32/h5,8-16,19,24,28H,2-4,6-7,17-18,20-21H2,1H3,(H,31,34). The first kappa shape index (κ1) is 25.1. The van der Waals surface area contributed by atoms with Crippen molar-refractivity contribution in [3.8, 4) is 0 Å². The second kappa shape index (κ2) is 11.6. The van der Waals surface area contributed by atoms with E-state index in [1.807, 2.05) is 48.5 Å². The summed E-state index contributed by atoms with van der Waals surface area (Å²) in [6, 6.07) is 18.5. The van der Waals surface area contributed by atoms with Crippen molar-refractivity contribution in [3.63, 3.8) is 0 Å². The fourth-order valence-electron chi connectivity index (χ4n) is 5.25. The second-order valence-corrected chi connectivity index (χ2v) is 9.76. The van der Waals surface area contributed by atoms with Crippen LogP contribution in [-0.2, 0) is 16.0 Å². The normalized spacial score (nSPS) is 16.9. The molecule has 2 heterocycles. The number of amides is 2. The number of nitrogens with one attached hydrogen (secondary N) is 1. The zero-order valence-corrected chi connectivity index (χ0v) is 21.4. The Labute approximate surface area is 218 Å². The Bertz CT molecular complexity index is 1160. The Morgan fingerprint density at radius 3 is 2.32 bits per heavy atom. The minimum atomic E-state index is -0.843. The lowest BCUT2D eigenvalue weighted by Crippen LogP contribution is -2.46. The van der Waals surface area contributed by atoms with Crippen LogP contribution in [0.3, 0.4) is 0 Å². The van der Waals surface area contributed by atoms with Gasteiger partial charge in [-0.1, -0.05) is 44.0 Å². The lowest BCUT2D eigenvalue weighted by Gasteiger charge is -2.33. The van der Waals surface area contributed by atoms with E-state index < -0.39 is 6.04 Å². The van der Waals surface area contributed by atoms with E-state index in [1.165, 1.54) is 6.26 Å². The van der Waals surface area contributed by atoms with Crippen LogP contribution in [0.5, 0.6) is 0 Å². The topological polar surface area (TPSA) is 75.0 Å². The molecule has 0 radical (unpaired) electrons. The van der Waals surface area contributed by atoms with Crippen LogP contribution in [0.1, 0.15) is 60.3 Å². The van der Waals surface area contributed by atoms with Crippen LogP contribution >= 0.6 is 0 Å². The molecule has 1 unspecified atom stereocenters. The summed E-state index contributed by atoms with van der Waals surface area (Å²) in [5.41, 5.74) is 3.66. The SMILES string of the molecule is CCc1ccc(N(C(=O)c2ccco2)C(C(=O)NC2CCCC2)c2ccc(N3CCOCC3)cc2)cc1. The molecular formula is C30H35N3O4. The van der Waals surface area contributed by atoms with E-state index >= 15 is 0 Å². The van der Waals surface area contributed by atoms with Gasteiger partial charge in [-0.3, -0.25) is 14.5 Å². The predicted molar refractivity (Wildman–Crippen MR) is 144 cm³/mol. The van der Waals surface area contributed by atoms with E-state index in [4.69, 9.17) is 9.15 Å². The number of benzene rings is 2. The number of furan rings is 1. The van der Waals surface area contributed by atoms with Crippen molar-refractivity contribution in [2.45, 2.75) is 51.1 Å². The minimum Gasteiger partial charge on any atom is -0.459 e. The maximum absolute atomic E-state index is 13.9. The van der Waals surface area contributed by atoms with Crippen LogP contribution < -0.4 is 15.1 Å². The maximum atomic E-state index is 13.9. The van der Waals surface area contributed by atoms with Gasteiger partial charge in [0.05, 0.1) is 19.5 Å². The van der Waals surface area contributed by atoms with Crippen molar-refractivity contribution < 1.29 is 18.7 Å². The average molecular weight is 502 g/mol. The number of carbonyl (C=O) groups excluding carboxylic acids is 2. The Morgan fingerprint density at radius 1 is 1.00 bits per heavy atom. The molecule has 0 spiro atoms. The van der Waals surface area contributed by atoms with Gasteiger partial charge in [0, 0.05) is 30.5 Å². The summed E-state index contributed by atoms with van der Waals surface area (Å²) in [5.74, 6) is -0.327. The smallest absolute Gasteiger partial charge is 0.294 e. The number of morpholine rings is 1. The zero-order chi connectivity index (χ0) is 25.6. The molecule has 2 amide bonds. The zero-order valence-electron chi connectivity index (χ0n) is 21.4. The van der Waals surface area contributed by atoms with E-state index in [-0.39, 0.29) is 23.6 Å². The van der Waals surface area contributed by atoms with Gasteiger partial charge in [-0.05, 0) is 66.8 Å². The van der Waals surface area contributed by atoms with Gasteiger partial charge in [-0.25, -0.2) is 0 Å². The molecule has 1 aromatic heterocycles. The summed E-state index contributed by atoms with van der Waals surface area (Å²) < 4.78 is 11.0. The molecule has 7 heteroatoms. The fourth-order valence-corrected chi connectivity index (χ4v) is 5.25. The van der Waals surface area contributed by atoms with Gasteiger partial charge in [0.25, 0.3) is 5.91 Å². The first-order chi connectivity index (χ1) is 18.1. The van der Waals surface area contributed by atoms with Crippen molar-refractivity contribution in [2.75, 3.05) is 36.1 Å². The number of nitrogens with zero attached hydrogens (tertiary/aromatic N) is 2. The first-order valence-electron chi connectivity index (χ1n) is 13.3. The third-order valence-corrected chi connectivity index (χ3v) is 7.37. The predicted octanol–water partition coefficient (Wildman–Crippen LogP) is 5.13. The number of rotatable bonds is 8. The molecule has 3 aromatic rings. The minimum absolute atomic E-state index is 0.130. The van der Waals surface area contributed by atoms with E-state index in [1.54, 1.807) is 17.0 Å². The highest BCUT2D eigenvalue weighted by Gasteiger charge is 2.36. The van der Waals surface area contributed by atoms with Gasteiger partial charge in [0.1, 0.15) is 6.04 Å². The summed E-state index contributed by atoms with van der Waals surface area (Å²) in [6.07, 6.45) is 6.52. The molecule has 194 valence electrons. The van der Waals surface area contributed by atoms with Crippen LogP contribution in [0.2, 0.25) is 0 Å². The van der Waals surface area contributed by atoms with E-state index in [0.717, 1.165) is 62.0 Å². The van der Waals surface area contributed by atoms with E-state index in [0.29, 0.717) is 18.9 Å². The Balaban J connectivity index is 1.54. The molecule has 2 fully saturated rings. The molecule has 1 aliphatic carbocycles. The monoisotopic (exact) mass is 501 g/mol. The summed E-state index contributed by atoms with van der Waals surface area (Å²) in [5, 5.41) is 3.24. The Hall–Kier alpha value is -3.58. The summed E-state index contributed by atoms with van der Waals surface area (Å²) in [7, 11) is 0. The molecule has 1 atom stereocenters. The molecule has 2 aliphatic rings. The third kappa shape index (κ3) is 5.72. The second-order valence-electron chi connectivity index (χ2n) is 9.76. The molecule has 5 rings (SSSR count). The number of hydrogen-bond donors (Lipinski definition) is 1. The van der Waals surface area contributed by atoms with Crippen molar-refractivity contribution in [3.05, 3.63) is 83.8 Å². The Kier molecular flexibility index (Phi) is 7.90. The van der Waals surface area contributed by atoms with Crippen LogP contribution in [0, 0.1) is 0 Å². The van der Waals surface area contributed by atoms with E-state index in [9.17, 15) is 9.59 Å². The average Bonchev–Trinajstić information content (AvgIpc) is 3.67. The summed E-state index contributed by atoms with van der Waals surface area (Å²) in [4.78, 5) is 31.6. The Morgan fingerprint density at radius 2 is 1.70 bits per heavy atom. The van der Waals surface area contributed by atoms with Crippen molar-refractivity contribution >= 4 is 23.2 Å². The number of carbonyl (C=O) groups is 2. The van der Waals surface area contributed by atoms with Gasteiger partial charge in [0.15, 0.2) is 5.76 Å². The lowest BCUT2D eigenvalue weighted by atomic mass is 10.0. The van der Waals surface area contributed by atoms with Gasteiger partial charge < -0.3 is 19.4 Å². The molecular weight excluding hydrogens is 466 g/mol. The lowest BCUT2D eigenvalue weighted by molar-refractivity contribution is -0.123. The number of anilines is 2. The van der Waals surface area contributed by atoms with Crippen LogP contribution in [0.15, 0.2) is 71.3 Å². The highest BCUT2D eigenvalue weighted by Crippen LogP contribution is 2.32. The van der Waals surface area contributed by atoms with E-state index in [2.05, 4.69) is 17.1 Å². The fraction of sp³-hybridized carbons (Fsp3) is 0.400. The summed E-state index contributed by atoms with van der Waals surface area (Å²) in [6.45, 7) is 5.16. The molecule has 1 saturated carbocycles. The molecule has 1 N–H and O–H groups in total. The summed E-state index contributed by atoms with van der Waals surface area (Å²) >= 11 is 0. The molecule has 37 heavy (non-hydrogen) atoms. The molecule has 2 aromatic carbocycles. The quantitative estimate of drug-likeness (QED) is 0.463. The van der Waals surface area contributed by atoms with Crippen molar-refractivity contribution in [1.82, 2.24) is 5.32 Å². The van der Waals surface area contributed by atoms with Crippen LogP contribution in [0.4, 0.5) is 11.4 Å².